The molecule has 0 unspecified atom stereocenters. The lowest BCUT2D eigenvalue weighted by atomic mass is 10.4. The van der Waals surface area contributed by atoms with E-state index in [4.69, 9.17) is 58.0 Å². The molecule has 0 bridgehead atoms. The van der Waals surface area contributed by atoms with E-state index in [1.165, 1.54) is 2.90 Å². The van der Waals surface area contributed by atoms with E-state index in [1.807, 2.05) is 0 Å². The Morgan fingerprint density at radius 1 is 1.15 bits per heavy atom. The molecule has 0 saturated heterocycles. The van der Waals surface area contributed by atoms with Gasteiger partial charge in [0.1, 0.15) is 0 Å². The van der Waals surface area contributed by atoms with Crippen molar-refractivity contribution in [2.24, 2.45) is 0 Å². The summed E-state index contributed by atoms with van der Waals surface area (Å²) in [4.78, 5) is 0. The lowest BCUT2D eigenvalue weighted by Crippen LogP contribution is -2.30. The maximum Gasteiger partial charge on any atom is 0.230 e. The Balaban J connectivity index is 3.15. The fourth-order valence-corrected chi connectivity index (χ4v) is 1.80. The Bertz CT molecular complexity index is 305. The van der Waals surface area contributed by atoms with E-state index in [-0.39, 0.29) is 5.82 Å². The van der Waals surface area contributed by atoms with Crippen molar-refractivity contribution in [2.45, 2.75) is 8.13 Å². The first kappa shape index (κ1) is 12.3. The molecule has 0 aliphatic rings. The van der Waals surface area contributed by atoms with Gasteiger partial charge in [-0.1, -0.05) is 58.0 Å². The van der Waals surface area contributed by atoms with Crippen LogP contribution in [0.5, 0.6) is 0 Å². The van der Waals surface area contributed by atoms with Crippen LogP contribution in [0.4, 0.5) is 0 Å². The molecule has 0 radical (unpaired) electrons. The van der Waals surface area contributed by atoms with Gasteiger partial charge < -0.3 is 0 Å². The first-order chi connectivity index (χ1) is 5.77. The number of alkyl halides is 5. The quantitative estimate of drug-likeness (QED) is 0.542. The largest absolute Gasteiger partial charge is 0.230 e. The summed E-state index contributed by atoms with van der Waals surface area (Å²) in [7, 11) is 0. The Morgan fingerprint density at radius 2 is 1.69 bits per heavy atom. The number of rotatable bonds is 1. The van der Waals surface area contributed by atoms with Crippen LogP contribution in [0.15, 0.2) is 0 Å². The van der Waals surface area contributed by atoms with Gasteiger partial charge in [-0.25, -0.2) is 0 Å². The summed E-state index contributed by atoms with van der Waals surface area (Å²) in [5.41, 5.74) is 0. The number of hydrogen-bond acceptors (Lipinski definition) is 3. The highest BCUT2D eigenvalue weighted by Crippen LogP contribution is 2.52. The first-order valence-electron chi connectivity index (χ1n) is 2.66. The number of nitrogens with zero attached hydrogens (tertiary/aromatic N) is 4. The van der Waals surface area contributed by atoms with Crippen LogP contribution in [-0.2, 0) is 4.33 Å². The van der Waals surface area contributed by atoms with Gasteiger partial charge >= 0.3 is 0 Å². The normalized spacial score (nSPS) is 13.4. The zero-order chi connectivity index (χ0) is 10.3. The van der Waals surface area contributed by atoms with E-state index in [0.717, 1.165) is 0 Å². The molecule has 1 heterocycles. The average Bonchev–Trinajstić information content (AvgIpc) is 2.32. The predicted octanol–water partition coefficient (Wildman–Crippen LogP) is 2.87. The van der Waals surface area contributed by atoms with E-state index in [0.29, 0.717) is 0 Å². The molecule has 1 aromatic heterocycles. The molecule has 0 fully saturated rings. The van der Waals surface area contributed by atoms with Gasteiger partial charge in [-0.05, 0) is 10.4 Å². The van der Waals surface area contributed by atoms with E-state index in [1.54, 1.807) is 22.9 Å². The standard InChI is InChI=1S/C3Cl5IN4/c4-2(5,3(6,7)8)1-10-11-12-13(1)9. The van der Waals surface area contributed by atoms with Gasteiger partial charge in [0, 0.05) is 0 Å². The Hall–Kier alpha value is 1.25. The zero-order valence-electron chi connectivity index (χ0n) is 5.56. The number of halogens is 6. The summed E-state index contributed by atoms with van der Waals surface area (Å²) in [6, 6.07) is 0. The van der Waals surface area contributed by atoms with Crippen molar-refractivity contribution in [3.63, 3.8) is 0 Å². The Kier molecular flexibility index (Phi) is 3.81. The Labute approximate surface area is 112 Å². The molecule has 0 atom stereocenters. The number of tetrazole rings is 1. The molecule has 74 valence electrons. The van der Waals surface area contributed by atoms with Crippen LogP contribution in [0.2, 0.25) is 0 Å². The van der Waals surface area contributed by atoms with Crippen molar-refractivity contribution in [1.29, 1.82) is 0 Å². The lowest BCUT2D eigenvalue weighted by molar-refractivity contribution is 0.780. The monoisotopic (exact) mass is 394 g/mol. The fourth-order valence-electron chi connectivity index (χ4n) is 0.482. The molecule has 0 N–H and O–H groups in total. The van der Waals surface area contributed by atoms with Gasteiger partial charge in [-0.15, -0.1) is 5.10 Å². The second kappa shape index (κ2) is 4.02. The van der Waals surface area contributed by atoms with Crippen molar-refractivity contribution >= 4 is 80.9 Å². The summed E-state index contributed by atoms with van der Waals surface area (Å²) in [5.74, 6) is 0.0523. The lowest BCUT2D eigenvalue weighted by Gasteiger charge is -2.24. The first-order valence-corrected chi connectivity index (χ1v) is 5.52. The molecule has 0 aromatic carbocycles. The SMILES string of the molecule is ClC(Cl)(Cl)C(Cl)(Cl)c1nnnn1I. The molecule has 1 rings (SSSR count). The average molecular weight is 396 g/mol. The second-order valence-electron chi connectivity index (χ2n) is 1.93. The topological polar surface area (TPSA) is 43.6 Å². The molecule has 1 aromatic rings. The van der Waals surface area contributed by atoms with Crippen LogP contribution in [-0.4, -0.2) is 22.2 Å². The second-order valence-corrected chi connectivity index (χ2v) is 6.46. The van der Waals surface area contributed by atoms with E-state index in [9.17, 15) is 0 Å². The summed E-state index contributed by atoms with van der Waals surface area (Å²) >= 11 is 30.0. The number of hydrogen-bond donors (Lipinski definition) is 0. The van der Waals surface area contributed by atoms with Crippen molar-refractivity contribution in [2.75, 3.05) is 0 Å². The Morgan fingerprint density at radius 3 is 2.00 bits per heavy atom. The minimum absolute atomic E-state index is 0.0523. The molecule has 0 saturated carbocycles. The third-order valence-electron chi connectivity index (χ3n) is 1.07. The van der Waals surface area contributed by atoms with Gasteiger partial charge in [0.05, 0.1) is 22.9 Å². The zero-order valence-corrected chi connectivity index (χ0v) is 11.5. The highest BCUT2D eigenvalue weighted by molar-refractivity contribution is 14.1. The molecule has 10 heteroatoms. The molecule has 0 spiro atoms. The predicted molar refractivity (Wildman–Crippen MR) is 60.9 cm³/mol. The molecule has 0 aliphatic heterocycles. The molecule has 0 aliphatic carbocycles. The van der Waals surface area contributed by atoms with Gasteiger partial charge in [-0.3, -0.25) is 0 Å². The number of aromatic nitrogens is 4. The summed E-state index contributed by atoms with van der Waals surface area (Å²) in [6.45, 7) is 0. The highest BCUT2D eigenvalue weighted by Gasteiger charge is 2.51. The fraction of sp³-hybridized carbons (Fsp3) is 0.667. The van der Waals surface area contributed by atoms with Crippen LogP contribution < -0.4 is 0 Å². The van der Waals surface area contributed by atoms with E-state index >= 15 is 0 Å². The minimum Gasteiger partial charge on any atom is -0.165 e. The maximum atomic E-state index is 5.79. The van der Waals surface area contributed by atoms with Crippen molar-refractivity contribution < 1.29 is 0 Å². The van der Waals surface area contributed by atoms with Crippen molar-refractivity contribution in [3.05, 3.63) is 5.82 Å². The molecule has 4 nitrogen and oxygen atoms in total. The molecule has 13 heavy (non-hydrogen) atoms. The van der Waals surface area contributed by atoms with Crippen LogP contribution in [0.3, 0.4) is 0 Å². The maximum absolute atomic E-state index is 5.79. The summed E-state index contributed by atoms with van der Waals surface area (Å²) in [5, 5.41) is 10.3. The summed E-state index contributed by atoms with van der Waals surface area (Å²) < 4.78 is -2.50. The van der Waals surface area contributed by atoms with Gasteiger partial charge in [0.15, 0.2) is 0 Å². The smallest absolute Gasteiger partial charge is 0.165 e. The highest BCUT2D eigenvalue weighted by atomic mass is 127. The molecule has 0 amide bonds. The van der Waals surface area contributed by atoms with Gasteiger partial charge in [-0.2, -0.15) is 2.90 Å². The molecular formula is C3Cl5IN4. The van der Waals surface area contributed by atoms with Crippen molar-refractivity contribution in [3.8, 4) is 0 Å². The van der Waals surface area contributed by atoms with Gasteiger partial charge in [0.25, 0.3) is 0 Å². The van der Waals surface area contributed by atoms with Crippen LogP contribution >= 0.6 is 80.9 Å². The molecular weight excluding hydrogens is 396 g/mol. The van der Waals surface area contributed by atoms with Crippen LogP contribution in [0.1, 0.15) is 5.82 Å². The third-order valence-corrected chi connectivity index (χ3v) is 4.06. The van der Waals surface area contributed by atoms with Crippen molar-refractivity contribution in [1.82, 2.24) is 18.4 Å². The van der Waals surface area contributed by atoms with E-state index in [2.05, 4.69) is 15.5 Å². The van der Waals surface area contributed by atoms with Crippen LogP contribution in [0.25, 0.3) is 0 Å². The summed E-state index contributed by atoms with van der Waals surface area (Å²) in [6.07, 6.45) is 0. The van der Waals surface area contributed by atoms with Gasteiger partial charge in [0.2, 0.25) is 14.0 Å². The van der Waals surface area contributed by atoms with E-state index < -0.39 is 8.13 Å². The third kappa shape index (κ3) is 2.43. The van der Waals surface area contributed by atoms with Crippen LogP contribution in [0, 0.1) is 0 Å². The minimum atomic E-state index is -1.91.